The average molecular weight is 392 g/mol. The van der Waals surface area contributed by atoms with Crippen molar-refractivity contribution in [2.75, 3.05) is 13.2 Å². The summed E-state index contributed by atoms with van der Waals surface area (Å²) in [4.78, 5) is 52.0. The van der Waals surface area contributed by atoms with E-state index in [2.05, 4.69) is 9.05 Å². The minimum atomic E-state index is -4.63. The van der Waals surface area contributed by atoms with Crippen molar-refractivity contribution >= 4 is 50.6 Å². The standard InChI is InChI=1S/2C3H8NO6P.Mg/c2*4-2(3(5)6)1-10-11(7,8)9;/h2*2H,1,4H2,(H,5,6)(H2,7,8,9);/q;;+2/p-2/t2*2-;/m00./s1. The molecule has 0 aromatic carbocycles. The number of rotatable bonds is 8. The maximum absolute atomic E-state index is 9.96. The van der Waals surface area contributed by atoms with Crippen molar-refractivity contribution in [2.45, 2.75) is 12.1 Å². The van der Waals surface area contributed by atoms with E-state index in [0.29, 0.717) is 0 Å². The molecule has 0 fully saturated rings. The molecule has 2 atom stereocenters. The van der Waals surface area contributed by atoms with Gasteiger partial charge in [-0.05, 0) is 0 Å². The fraction of sp³-hybridized carbons (Fsp3) is 0.667. The van der Waals surface area contributed by atoms with Crippen molar-refractivity contribution in [3.8, 4) is 0 Å². The summed E-state index contributed by atoms with van der Waals surface area (Å²) in [5, 5.41) is 19.7. The van der Waals surface area contributed by atoms with Gasteiger partial charge in [0, 0.05) is 0 Å². The zero-order valence-corrected chi connectivity index (χ0v) is 14.6. The predicted molar refractivity (Wildman–Crippen MR) is 67.7 cm³/mol. The van der Waals surface area contributed by atoms with Crippen LogP contribution in [0.5, 0.6) is 0 Å². The van der Waals surface area contributed by atoms with Gasteiger partial charge in [0.15, 0.2) is 0 Å². The molecule has 0 aromatic heterocycles. The molecule has 0 spiro atoms. The molecular weight excluding hydrogens is 378 g/mol. The van der Waals surface area contributed by atoms with Crippen molar-refractivity contribution in [1.29, 1.82) is 0 Å². The van der Waals surface area contributed by atoms with E-state index in [9.17, 15) is 28.9 Å². The molecule has 132 valence electrons. The molecule has 17 heteroatoms. The number of aliphatic carboxylic acids is 2. The number of carboxylic acids is 2. The Kier molecular flexibility index (Phi) is 14.7. The Hall–Kier alpha value is -0.154. The third kappa shape index (κ3) is 21.8. The SMILES string of the molecule is N[C@@H](COP(=O)(O)O)C(=O)[O-].N[C@@H](COP(=O)(O)O)C(=O)[O-].[Mg+2]. The predicted octanol–water partition coefficient (Wildman–Crippen LogP) is -6.03. The van der Waals surface area contributed by atoms with Crippen molar-refractivity contribution in [1.82, 2.24) is 0 Å². The van der Waals surface area contributed by atoms with Crippen LogP contribution in [-0.2, 0) is 27.8 Å². The second-order valence-corrected chi connectivity index (χ2v) is 5.90. The summed E-state index contributed by atoms with van der Waals surface area (Å²) in [6.45, 7) is -1.54. The average Bonchev–Trinajstić information content (AvgIpc) is 2.31. The van der Waals surface area contributed by atoms with E-state index < -0.39 is 52.9 Å². The van der Waals surface area contributed by atoms with Gasteiger partial charge in [-0.2, -0.15) is 0 Å². The summed E-state index contributed by atoms with van der Waals surface area (Å²) in [6, 6.07) is -3.05. The minimum Gasteiger partial charge on any atom is -0.548 e. The van der Waals surface area contributed by atoms with Crippen LogP contribution < -0.4 is 21.7 Å². The number of hydrogen-bond acceptors (Lipinski definition) is 10. The van der Waals surface area contributed by atoms with Gasteiger partial charge in [0.2, 0.25) is 0 Å². The van der Waals surface area contributed by atoms with Gasteiger partial charge in [0.25, 0.3) is 0 Å². The summed E-state index contributed by atoms with van der Waals surface area (Å²) < 4.78 is 27.5. The van der Waals surface area contributed by atoms with Gasteiger partial charge < -0.3 is 50.8 Å². The number of phosphoric acid groups is 2. The number of carboxylic acid groups (broad SMARTS) is 2. The van der Waals surface area contributed by atoms with Crippen LogP contribution in [0.2, 0.25) is 0 Å². The summed E-state index contributed by atoms with van der Waals surface area (Å²) in [6.07, 6.45) is 0. The molecule has 14 nitrogen and oxygen atoms in total. The van der Waals surface area contributed by atoms with E-state index in [1.807, 2.05) is 0 Å². The molecule has 0 aromatic rings. The Labute approximate surface area is 145 Å². The quantitative estimate of drug-likeness (QED) is 0.166. The Bertz CT molecular complexity index is 420. The zero-order chi connectivity index (χ0) is 18.1. The largest absolute Gasteiger partial charge is 2.00 e. The maximum Gasteiger partial charge on any atom is 2.00 e. The first kappa shape index (κ1) is 27.7. The second kappa shape index (κ2) is 12.2. The van der Waals surface area contributed by atoms with Crippen LogP contribution in [0.15, 0.2) is 0 Å². The molecule has 0 aliphatic carbocycles. The number of carbonyl (C=O) groups is 2. The van der Waals surface area contributed by atoms with Crippen molar-refractivity contribution in [2.24, 2.45) is 11.5 Å². The van der Waals surface area contributed by atoms with Gasteiger partial charge in [-0.15, -0.1) is 0 Å². The molecule has 0 saturated carbocycles. The fourth-order valence-electron chi connectivity index (χ4n) is 0.491. The molecule has 0 amide bonds. The Balaban J connectivity index is -0.000000333. The first-order valence-electron chi connectivity index (χ1n) is 4.98. The van der Waals surface area contributed by atoms with E-state index in [0.717, 1.165) is 0 Å². The maximum atomic E-state index is 9.96. The first-order chi connectivity index (χ1) is 9.65. The molecule has 0 unspecified atom stereocenters. The number of nitrogens with two attached hydrogens (primary N) is 2. The van der Waals surface area contributed by atoms with Gasteiger partial charge >= 0.3 is 38.7 Å². The number of hydrogen-bond donors (Lipinski definition) is 6. The third-order valence-electron chi connectivity index (χ3n) is 1.45. The molecular formula is C6H14MgN2O12P2. The number of carbonyl (C=O) groups excluding carboxylic acids is 2. The molecule has 0 aliphatic heterocycles. The summed E-state index contributed by atoms with van der Waals surface area (Å²) in [7, 11) is -9.26. The van der Waals surface area contributed by atoms with Crippen LogP contribution in [-0.4, -0.2) is 79.9 Å². The van der Waals surface area contributed by atoms with Crippen molar-refractivity contribution < 1.29 is 57.6 Å². The van der Waals surface area contributed by atoms with Crippen LogP contribution in [0.25, 0.3) is 0 Å². The Morgan fingerprint density at radius 2 is 1.09 bits per heavy atom. The van der Waals surface area contributed by atoms with Crippen molar-refractivity contribution in [3.63, 3.8) is 0 Å². The van der Waals surface area contributed by atoms with Gasteiger partial charge in [0.1, 0.15) is 0 Å². The molecule has 0 saturated heterocycles. The van der Waals surface area contributed by atoms with Gasteiger partial charge in [-0.1, -0.05) is 0 Å². The molecule has 23 heavy (non-hydrogen) atoms. The second-order valence-electron chi connectivity index (χ2n) is 3.42. The van der Waals surface area contributed by atoms with Crippen LogP contribution in [0, 0.1) is 0 Å². The van der Waals surface area contributed by atoms with E-state index in [4.69, 9.17) is 31.0 Å². The zero-order valence-electron chi connectivity index (χ0n) is 11.4. The summed E-state index contributed by atoms with van der Waals surface area (Å²) in [5.74, 6) is -3.25. The van der Waals surface area contributed by atoms with Crippen LogP contribution in [0.1, 0.15) is 0 Å². The fourth-order valence-corrected chi connectivity index (χ4v) is 1.20. The minimum absolute atomic E-state index is 0. The first-order valence-corrected chi connectivity index (χ1v) is 8.05. The summed E-state index contributed by atoms with van der Waals surface area (Å²) >= 11 is 0. The van der Waals surface area contributed by atoms with Gasteiger partial charge in [0.05, 0.1) is 37.2 Å². The molecule has 0 radical (unpaired) electrons. The Morgan fingerprint density at radius 3 is 1.22 bits per heavy atom. The van der Waals surface area contributed by atoms with Crippen LogP contribution in [0.4, 0.5) is 0 Å². The van der Waals surface area contributed by atoms with E-state index in [1.165, 1.54) is 0 Å². The summed E-state index contributed by atoms with van der Waals surface area (Å²) in [5.41, 5.74) is 9.59. The Morgan fingerprint density at radius 1 is 0.870 bits per heavy atom. The van der Waals surface area contributed by atoms with Crippen molar-refractivity contribution in [3.05, 3.63) is 0 Å². The van der Waals surface area contributed by atoms with E-state index in [-0.39, 0.29) is 23.1 Å². The molecule has 0 heterocycles. The number of phosphoric ester groups is 2. The van der Waals surface area contributed by atoms with Crippen LogP contribution in [0.3, 0.4) is 0 Å². The molecule has 0 bridgehead atoms. The normalized spacial score (nSPS) is 13.8. The van der Waals surface area contributed by atoms with E-state index in [1.54, 1.807) is 0 Å². The monoisotopic (exact) mass is 392 g/mol. The smallest absolute Gasteiger partial charge is 0.548 e. The topological polar surface area (TPSA) is 266 Å². The molecule has 0 aliphatic rings. The molecule has 8 N–H and O–H groups in total. The van der Waals surface area contributed by atoms with E-state index >= 15 is 0 Å². The third-order valence-corrected chi connectivity index (χ3v) is 2.42. The van der Waals surface area contributed by atoms with Gasteiger partial charge in [-0.25, -0.2) is 9.13 Å². The molecule has 0 rings (SSSR count). The van der Waals surface area contributed by atoms with Crippen LogP contribution >= 0.6 is 15.6 Å². The van der Waals surface area contributed by atoms with Gasteiger partial charge in [-0.3, -0.25) is 9.05 Å².